The zero-order valence-corrected chi connectivity index (χ0v) is 11.8. The van der Waals surface area contributed by atoms with Gasteiger partial charge in [-0.25, -0.2) is 4.39 Å². The van der Waals surface area contributed by atoms with Crippen molar-refractivity contribution in [1.29, 1.82) is 0 Å². The van der Waals surface area contributed by atoms with Gasteiger partial charge in [-0.05, 0) is 36.8 Å². The summed E-state index contributed by atoms with van der Waals surface area (Å²) in [5, 5.41) is 12.3. The second-order valence-electron chi connectivity index (χ2n) is 4.63. The van der Waals surface area contributed by atoms with Crippen molar-refractivity contribution in [2.24, 2.45) is 0 Å². The first kappa shape index (κ1) is 14.8. The topological polar surface area (TPSA) is 58.6 Å². The van der Waals surface area contributed by atoms with Crippen LogP contribution in [0, 0.1) is 5.82 Å². The first-order valence-corrected chi connectivity index (χ1v) is 6.44. The van der Waals surface area contributed by atoms with E-state index in [2.05, 4.69) is 5.32 Å². The highest BCUT2D eigenvalue weighted by Gasteiger charge is 2.15. The first-order valence-electron chi connectivity index (χ1n) is 6.44. The number of amides is 1. The molecule has 0 spiro atoms. The number of carbonyl (C=O) groups excluding carboxylic acids is 1. The van der Waals surface area contributed by atoms with E-state index in [0.29, 0.717) is 0 Å². The van der Waals surface area contributed by atoms with E-state index in [0.717, 1.165) is 23.4 Å². The molecule has 0 saturated carbocycles. The van der Waals surface area contributed by atoms with Gasteiger partial charge in [0.2, 0.25) is 0 Å². The largest absolute Gasteiger partial charge is 0.507 e. The predicted octanol–water partition coefficient (Wildman–Crippen LogP) is 3.03. The van der Waals surface area contributed by atoms with E-state index < -0.39 is 11.7 Å². The number of aromatic hydroxyl groups is 1. The van der Waals surface area contributed by atoms with Gasteiger partial charge in [0.25, 0.3) is 5.91 Å². The summed E-state index contributed by atoms with van der Waals surface area (Å²) in [4.78, 5) is 12.1. The SMILES string of the molecule is COc1ccc(C(C)NC(=O)c2ccc(F)cc2O)cc1. The summed E-state index contributed by atoms with van der Waals surface area (Å²) in [6.45, 7) is 1.82. The second-order valence-corrected chi connectivity index (χ2v) is 4.63. The standard InChI is InChI=1S/C16H16FNO3/c1-10(11-3-6-13(21-2)7-4-11)18-16(20)14-8-5-12(17)9-15(14)19/h3-10,19H,1-2H3,(H,18,20). The number of carbonyl (C=O) groups is 1. The maximum atomic E-state index is 12.9. The van der Waals surface area contributed by atoms with Gasteiger partial charge in [0, 0.05) is 6.07 Å². The summed E-state index contributed by atoms with van der Waals surface area (Å²) in [6.07, 6.45) is 0. The van der Waals surface area contributed by atoms with Gasteiger partial charge in [0.1, 0.15) is 17.3 Å². The Morgan fingerprint density at radius 2 is 1.90 bits per heavy atom. The Hall–Kier alpha value is -2.56. The molecule has 0 aliphatic carbocycles. The Labute approximate surface area is 122 Å². The van der Waals surface area contributed by atoms with Gasteiger partial charge in [0.15, 0.2) is 0 Å². The smallest absolute Gasteiger partial charge is 0.255 e. The molecule has 2 N–H and O–H groups in total. The molecule has 1 unspecified atom stereocenters. The fourth-order valence-electron chi connectivity index (χ4n) is 1.95. The van der Waals surface area contributed by atoms with Gasteiger partial charge in [-0.2, -0.15) is 0 Å². The lowest BCUT2D eigenvalue weighted by Gasteiger charge is -2.15. The van der Waals surface area contributed by atoms with E-state index in [1.807, 2.05) is 19.1 Å². The van der Waals surface area contributed by atoms with Crippen molar-refractivity contribution in [2.45, 2.75) is 13.0 Å². The molecule has 0 aromatic heterocycles. The molecule has 0 radical (unpaired) electrons. The zero-order valence-electron chi connectivity index (χ0n) is 11.8. The molecule has 21 heavy (non-hydrogen) atoms. The van der Waals surface area contributed by atoms with E-state index >= 15 is 0 Å². The number of nitrogens with one attached hydrogen (secondary N) is 1. The number of halogens is 1. The number of phenolic OH excluding ortho intramolecular Hbond substituents is 1. The Morgan fingerprint density at radius 1 is 1.24 bits per heavy atom. The molecular formula is C16H16FNO3. The highest BCUT2D eigenvalue weighted by Crippen LogP contribution is 2.21. The fourth-order valence-corrected chi connectivity index (χ4v) is 1.95. The number of hydrogen-bond acceptors (Lipinski definition) is 3. The van der Waals surface area contributed by atoms with Gasteiger partial charge < -0.3 is 15.2 Å². The van der Waals surface area contributed by atoms with Crippen LogP contribution in [0.4, 0.5) is 4.39 Å². The van der Waals surface area contributed by atoms with Gasteiger partial charge in [0.05, 0.1) is 18.7 Å². The molecule has 0 saturated heterocycles. The lowest BCUT2D eigenvalue weighted by atomic mass is 10.1. The van der Waals surface area contributed by atoms with Crippen molar-refractivity contribution in [3.63, 3.8) is 0 Å². The Kier molecular flexibility index (Phi) is 4.42. The maximum Gasteiger partial charge on any atom is 0.255 e. The Bertz CT molecular complexity index is 640. The van der Waals surface area contributed by atoms with Crippen LogP contribution in [0.5, 0.6) is 11.5 Å². The van der Waals surface area contributed by atoms with E-state index in [1.165, 1.54) is 6.07 Å². The quantitative estimate of drug-likeness (QED) is 0.909. The summed E-state index contributed by atoms with van der Waals surface area (Å²) in [5.41, 5.74) is 0.933. The zero-order chi connectivity index (χ0) is 15.4. The molecule has 0 fully saturated rings. The van der Waals surface area contributed by atoms with Crippen LogP contribution in [0.25, 0.3) is 0 Å². The van der Waals surface area contributed by atoms with E-state index in [-0.39, 0.29) is 17.4 Å². The number of ether oxygens (including phenoxy) is 1. The molecule has 1 amide bonds. The predicted molar refractivity (Wildman–Crippen MR) is 76.9 cm³/mol. The summed E-state index contributed by atoms with van der Waals surface area (Å²) in [5.74, 6) is -0.703. The summed E-state index contributed by atoms with van der Waals surface area (Å²) in [6, 6.07) is 10.3. The van der Waals surface area contributed by atoms with Crippen LogP contribution < -0.4 is 10.1 Å². The van der Waals surface area contributed by atoms with Crippen LogP contribution in [-0.2, 0) is 0 Å². The molecule has 2 aromatic carbocycles. The van der Waals surface area contributed by atoms with Crippen LogP contribution in [-0.4, -0.2) is 18.1 Å². The lowest BCUT2D eigenvalue weighted by Crippen LogP contribution is -2.26. The molecule has 4 nitrogen and oxygen atoms in total. The molecule has 0 aliphatic heterocycles. The van der Waals surface area contributed by atoms with Crippen molar-refractivity contribution >= 4 is 5.91 Å². The van der Waals surface area contributed by atoms with Gasteiger partial charge in [-0.15, -0.1) is 0 Å². The minimum absolute atomic E-state index is 0.0387. The molecule has 2 aromatic rings. The van der Waals surface area contributed by atoms with Crippen molar-refractivity contribution < 1.29 is 19.0 Å². The van der Waals surface area contributed by atoms with Crippen LogP contribution in [0.3, 0.4) is 0 Å². The number of rotatable bonds is 4. The van der Waals surface area contributed by atoms with Gasteiger partial charge >= 0.3 is 0 Å². The summed E-state index contributed by atoms with van der Waals surface area (Å²) < 4.78 is 18.0. The number of benzene rings is 2. The Morgan fingerprint density at radius 3 is 2.48 bits per heavy atom. The van der Waals surface area contributed by atoms with Crippen molar-refractivity contribution in [3.05, 3.63) is 59.4 Å². The Balaban J connectivity index is 2.10. The summed E-state index contributed by atoms with van der Waals surface area (Å²) in [7, 11) is 1.58. The average molecular weight is 289 g/mol. The van der Waals surface area contributed by atoms with Gasteiger partial charge in [-0.1, -0.05) is 12.1 Å². The molecule has 2 rings (SSSR count). The number of methoxy groups -OCH3 is 1. The maximum absolute atomic E-state index is 12.9. The molecule has 0 bridgehead atoms. The third-order valence-electron chi connectivity index (χ3n) is 3.17. The van der Waals surface area contributed by atoms with Crippen LogP contribution >= 0.6 is 0 Å². The van der Waals surface area contributed by atoms with Crippen molar-refractivity contribution in [1.82, 2.24) is 5.32 Å². The van der Waals surface area contributed by atoms with Crippen molar-refractivity contribution in [3.8, 4) is 11.5 Å². The molecule has 5 heteroatoms. The minimum atomic E-state index is -0.591. The summed E-state index contributed by atoms with van der Waals surface area (Å²) >= 11 is 0. The number of phenols is 1. The highest BCUT2D eigenvalue weighted by molar-refractivity contribution is 5.97. The third kappa shape index (κ3) is 3.51. The van der Waals surface area contributed by atoms with Crippen LogP contribution in [0.2, 0.25) is 0 Å². The first-order chi connectivity index (χ1) is 10.0. The molecule has 0 aliphatic rings. The highest BCUT2D eigenvalue weighted by atomic mass is 19.1. The van der Waals surface area contributed by atoms with Crippen LogP contribution in [0.15, 0.2) is 42.5 Å². The minimum Gasteiger partial charge on any atom is -0.507 e. The molecule has 1 atom stereocenters. The van der Waals surface area contributed by atoms with E-state index in [1.54, 1.807) is 19.2 Å². The van der Waals surface area contributed by atoms with Crippen LogP contribution in [0.1, 0.15) is 28.9 Å². The monoisotopic (exact) mass is 289 g/mol. The number of hydrogen-bond donors (Lipinski definition) is 2. The normalized spacial score (nSPS) is 11.8. The van der Waals surface area contributed by atoms with Gasteiger partial charge in [-0.3, -0.25) is 4.79 Å². The average Bonchev–Trinajstić information content (AvgIpc) is 2.47. The third-order valence-corrected chi connectivity index (χ3v) is 3.17. The second kappa shape index (κ2) is 6.26. The fraction of sp³-hybridized carbons (Fsp3) is 0.188. The van der Waals surface area contributed by atoms with E-state index in [4.69, 9.17) is 4.74 Å². The lowest BCUT2D eigenvalue weighted by molar-refractivity contribution is 0.0937. The molecular weight excluding hydrogens is 273 g/mol. The van der Waals surface area contributed by atoms with E-state index in [9.17, 15) is 14.3 Å². The van der Waals surface area contributed by atoms with Crippen molar-refractivity contribution in [2.75, 3.05) is 7.11 Å². The molecule has 110 valence electrons. The molecule has 0 heterocycles.